The van der Waals surface area contributed by atoms with E-state index < -0.39 is 6.10 Å². The second-order valence-corrected chi connectivity index (χ2v) is 5.11. The second kappa shape index (κ2) is 5.45. The molecule has 0 aliphatic carbocycles. The lowest BCUT2D eigenvalue weighted by Crippen LogP contribution is -2.27. The fraction of sp³-hybridized carbons (Fsp3) is 0.400. The van der Waals surface area contributed by atoms with Crippen molar-refractivity contribution in [1.29, 1.82) is 0 Å². The summed E-state index contributed by atoms with van der Waals surface area (Å²) < 4.78 is 3.21. The Morgan fingerprint density at radius 3 is 2.47 bits per heavy atom. The van der Waals surface area contributed by atoms with Crippen LogP contribution in [0.4, 0.5) is 0 Å². The number of aliphatic hydroxyl groups excluding tert-OH is 1. The molecule has 0 amide bonds. The average molecular weight is 260 g/mol. The van der Waals surface area contributed by atoms with Gasteiger partial charge in [0.15, 0.2) is 0 Å². The van der Waals surface area contributed by atoms with Crippen LogP contribution < -0.4 is 5.69 Å². The largest absolute Gasteiger partial charge is 0.387 e. The summed E-state index contributed by atoms with van der Waals surface area (Å²) >= 11 is 0. The highest BCUT2D eigenvalue weighted by Crippen LogP contribution is 2.18. The maximum Gasteiger partial charge on any atom is 0.328 e. The standard InChI is InChI=1S/C15H20N2O2/c1-11(2)17-9-8-16(15(17)19)10-14(18)13-7-5-4-6-12(13)3/h4-9,11,14,18H,10H2,1-3H3. The van der Waals surface area contributed by atoms with Gasteiger partial charge in [0, 0.05) is 18.4 Å². The lowest BCUT2D eigenvalue weighted by Gasteiger charge is -2.14. The molecule has 2 rings (SSSR count). The van der Waals surface area contributed by atoms with Crippen LogP contribution >= 0.6 is 0 Å². The number of aryl methyl sites for hydroxylation is 1. The Morgan fingerprint density at radius 2 is 1.89 bits per heavy atom. The van der Waals surface area contributed by atoms with E-state index in [-0.39, 0.29) is 18.3 Å². The third kappa shape index (κ3) is 2.79. The number of hydrogen-bond donors (Lipinski definition) is 1. The van der Waals surface area contributed by atoms with Crippen molar-refractivity contribution in [3.05, 3.63) is 58.3 Å². The van der Waals surface area contributed by atoms with Crippen LogP contribution in [0.5, 0.6) is 0 Å². The number of rotatable bonds is 4. The van der Waals surface area contributed by atoms with Crippen molar-refractivity contribution in [3.8, 4) is 0 Å². The van der Waals surface area contributed by atoms with E-state index >= 15 is 0 Å². The van der Waals surface area contributed by atoms with Gasteiger partial charge in [0.25, 0.3) is 0 Å². The third-order valence-corrected chi connectivity index (χ3v) is 3.35. The van der Waals surface area contributed by atoms with Gasteiger partial charge in [-0.05, 0) is 31.9 Å². The van der Waals surface area contributed by atoms with Crippen molar-refractivity contribution < 1.29 is 5.11 Å². The van der Waals surface area contributed by atoms with Crippen LogP contribution in [0, 0.1) is 6.92 Å². The molecule has 1 heterocycles. The fourth-order valence-electron chi connectivity index (χ4n) is 2.21. The lowest BCUT2D eigenvalue weighted by atomic mass is 10.0. The van der Waals surface area contributed by atoms with Crippen LogP contribution in [0.1, 0.15) is 37.1 Å². The first-order chi connectivity index (χ1) is 9.00. The minimum Gasteiger partial charge on any atom is -0.387 e. The minimum absolute atomic E-state index is 0.0809. The monoisotopic (exact) mass is 260 g/mol. The number of nitrogens with zero attached hydrogens (tertiary/aromatic N) is 2. The number of imidazole rings is 1. The van der Waals surface area contributed by atoms with Gasteiger partial charge in [-0.1, -0.05) is 24.3 Å². The summed E-state index contributed by atoms with van der Waals surface area (Å²) in [6, 6.07) is 7.82. The molecule has 1 unspecified atom stereocenters. The summed E-state index contributed by atoms with van der Waals surface area (Å²) in [5.41, 5.74) is 1.82. The molecule has 1 atom stereocenters. The molecule has 0 radical (unpaired) electrons. The number of aromatic nitrogens is 2. The first-order valence-electron chi connectivity index (χ1n) is 6.51. The Hall–Kier alpha value is -1.81. The highest BCUT2D eigenvalue weighted by Gasteiger charge is 2.13. The van der Waals surface area contributed by atoms with Gasteiger partial charge < -0.3 is 5.11 Å². The molecule has 2 aromatic rings. The van der Waals surface area contributed by atoms with Gasteiger partial charge in [-0.2, -0.15) is 0 Å². The fourth-order valence-corrected chi connectivity index (χ4v) is 2.21. The van der Waals surface area contributed by atoms with Crippen molar-refractivity contribution >= 4 is 0 Å². The molecule has 4 heteroatoms. The normalized spacial score (nSPS) is 12.9. The minimum atomic E-state index is -0.665. The molecule has 0 fully saturated rings. The summed E-state index contributed by atoms with van der Waals surface area (Å²) in [6.45, 7) is 6.16. The predicted molar refractivity (Wildman–Crippen MR) is 75.2 cm³/mol. The molecule has 0 aliphatic heterocycles. The zero-order valence-corrected chi connectivity index (χ0v) is 11.6. The molecule has 0 aliphatic rings. The Labute approximate surface area is 112 Å². The molecule has 4 nitrogen and oxygen atoms in total. The van der Waals surface area contributed by atoms with E-state index in [4.69, 9.17) is 0 Å². The van der Waals surface area contributed by atoms with Crippen molar-refractivity contribution in [2.24, 2.45) is 0 Å². The summed E-state index contributed by atoms with van der Waals surface area (Å²) in [5.74, 6) is 0. The van der Waals surface area contributed by atoms with Gasteiger partial charge in [-0.3, -0.25) is 9.13 Å². The zero-order valence-electron chi connectivity index (χ0n) is 11.6. The molecule has 1 N–H and O–H groups in total. The number of hydrogen-bond acceptors (Lipinski definition) is 2. The molecule has 1 aromatic carbocycles. The molecule has 102 valence electrons. The molecule has 0 spiro atoms. The summed E-state index contributed by atoms with van der Waals surface area (Å²) in [6.07, 6.45) is 2.82. The van der Waals surface area contributed by atoms with Gasteiger partial charge >= 0.3 is 5.69 Å². The molecular weight excluding hydrogens is 240 g/mol. The molecule has 0 saturated carbocycles. The van der Waals surface area contributed by atoms with Crippen LogP contribution in [0.2, 0.25) is 0 Å². The second-order valence-electron chi connectivity index (χ2n) is 5.11. The van der Waals surface area contributed by atoms with Crippen molar-refractivity contribution in [3.63, 3.8) is 0 Å². The van der Waals surface area contributed by atoms with Crippen molar-refractivity contribution in [1.82, 2.24) is 9.13 Å². The lowest BCUT2D eigenvalue weighted by molar-refractivity contribution is 0.154. The first kappa shape index (κ1) is 13.6. The topological polar surface area (TPSA) is 47.2 Å². The summed E-state index contributed by atoms with van der Waals surface area (Å²) in [5, 5.41) is 10.3. The molecule has 0 saturated heterocycles. The van der Waals surface area contributed by atoms with E-state index in [2.05, 4.69) is 0 Å². The SMILES string of the molecule is Cc1ccccc1C(O)Cn1ccn(C(C)C)c1=O. The summed E-state index contributed by atoms with van der Waals surface area (Å²) in [7, 11) is 0. The Morgan fingerprint density at radius 1 is 1.21 bits per heavy atom. The van der Waals surface area contributed by atoms with Gasteiger partial charge in [-0.25, -0.2) is 4.79 Å². The van der Waals surface area contributed by atoms with Gasteiger partial charge in [0.2, 0.25) is 0 Å². The number of benzene rings is 1. The van der Waals surface area contributed by atoms with Crippen LogP contribution in [0.25, 0.3) is 0 Å². The molecule has 1 aromatic heterocycles. The predicted octanol–water partition coefficient (Wildman–Crippen LogP) is 2.27. The van der Waals surface area contributed by atoms with Crippen LogP contribution in [0.3, 0.4) is 0 Å². The van der Waals surface area contributed by atoms with E-state index in [1.165, 1.54) is 0 Å². The maximum absolute atomic E-state index is 12.1. The van der Waals surface area contributed by atoms with Crippen molar-refractivity contribution in [2.45, 2.75) is 39.5 Å². The maximum atomic E-state index is 12.1. The Bertz CT molecular complexity index is 611. The Balaban J connectivity index is 2.23. The van der Waals surface area contributed by atoms with Gasteiger partial charge in [-0.15, -0.1) is 0 Å². The first-order valence-corrected chi connectivity index (χ1v) is 6.51. The van der Waals surface area contributed by atoms with Gasteiger partial charge in [0.05, 0.1) is 12.6 Å². The van der Waals surface area contributed by atoms with Crippen molar-refractivity contribution in [2.75, 3.05) is 0 Å². The van der Waals surface area contributed by atoms with E-state index in [9.17, 15) is 9.90 Å². The third-order valence-electron chi connectivity index (χ3n) is 3.35. The highest BCUT2D eigenvalue weighted by atomic mass is 16.3. The summed E-state index contributed by atoms with van der Waals surface area (Å²) in [4.78, 5) is 12.1. The van der Waals surface area contributed by atoms with Crippen LogP contribution in [-0.2, 0) is 6.54 Å². The number of aliphatic hydroxyl groups is 1. The van der Waals surface area contributed by atoms with E-state index in [1.807, 2.05) is 45.0 Å². The van der Waals surface area contributed by atoms with Crippen LogP contribution in [-0.4, -0.2) is 14.2 Å². The van der Waals surface area contributed by atoms with Gasteiger partial charge in [0.1, 0.15) is 0 Å². The van der Waals surface area contributed by atoms with E-state index in [0.717, 1.165) is 11.1 Å². The Kier molecular flexibility index (Phi) is 3.90. The quantitative estimate of drug-likeness (QED) is 0.916. The highest BCUT2D eigenvalue weighted by molar-refractivity contribution is 5.27. The molecule has 19 heavy (non-hydrogen) atoms. The molecule has 0 bridgehead atoms. The van der Waals surface area contributed by atoms with E-state index in [1.54, 1.807) is 21.5 Å². The zero-order chi connectivity index (χ0) is 14.0. The smallest absolute Gasteiger partial charge is 0.328 e. The average Bonchev–Trinajstić information content (AvgIpc) is 2.71. The van der Waals surface area contributed by atoms with E-state index in [0.29, 0.717) is 0 Å². The molecular formula is C15H20N2O2. The van der Waals surface area contributed by atoms with Crippen LogP contribution in [0.15, 0.2) is 41.5 Å².